The molecule has 0 fully saturated rings. The molecule has 0 amide bonds. The molecule has 0 aromatic heterocycles. The summed E-state index contributed by atoms with van der Waals surface area (Å²) in [4.78, 5) is 0. The van der Waals surface area contributed by atoms with Crippen LogP contribution in [0.2, 0.25) is 0 Å². The van der Waals surface area contributed by atoms with Crippen LogP contribution in [-0.2, 0) is 13.6 Å². The fraction of sp³-hybridized carbons (Fsp3) is 0.600. The third-order valence-corrected chi connectivity index (χ3v) is 2.92. The Kier molecular flexibility index (Phi) is 3.83. The van der Waals surface area contributed by atoms with Crippen LogP contribution in [0.3, 0.4) is 0 Å². The van der Waals surface area contributed by atoms with Gasteiger partial charge in [0.05, 0.1) is 0 Å². The third-order valence-electron chi connectivity index (χ3n) is 1.04. The van der Waals surface area contributed by atoms with Crippen molar-refractivity contribution in [2.24, 2.45) is 0 Å². The van der Waals surface area contributed by atoms with Gasteiger partial charge in [-0.05, 0) is 0 Å². The van der Waals surface area contributed by atoms with Crippen LogP contribution in [0.1, 0.15) is 0 Å². The molecule has 0 radical (unpaired) electrons. The molecule has 1 atom stereocenters. The Bertz CT molecular complexity index is 148. The SMILES string of the molecule is C=C[C@H](O)P(=O)(OC)OC. The lowest BCUT2D eigenvalue weighted by atomic mass is 10.7. The summed E-state index contributed by atoms with van der Waals surface area (Å²) < 4.78 is 20.0. The first kappa shape index (κ1) is 9.85. The highest BCUT2D eigenvalue weighted by atomic mass is 31.2. The second-order valence-electron chi connectivity index (χ2n) is 1.55. The van der Waals surface area contributed by atoms with E-state index in [4.69, 9.17) is 5.11 Å². The molecule has 0 aromatic carbocycles. The van der Waals surface area contributed by atoms with E-state index >= 15 is 0 Å². The van der Waals surface area contributed by atoms with Gasteiger partial charge in [0.25, 0.3) is 0 Å². The molecule has 10 heavy (non-hydrogen) atoms. The van der Waals surface area contributed by atoms with Gasteiger partial charge in [-0.25, -0.2) is 0 Å². The minimum Gasteiger partial charge on any atom is -0.377 e. The zero-order chi connectivity index (χ0) is 8.20. The van der Waals surface area contributed by atoms with Crippen molar-refractivity contribution >= 4 is 7.60 Å². The van der Waals surface area contributed by atoms with Gasteiger partial charge in [-0.1, -0.05) is 12.7 Å². The Morgan fingerprint density at radius 3 is 2.10 bits per heavy atom. The molecule has 60 valence electrons. The molecular formula is C5H11O4P. The van der Waals surface area contributed by atoms with E-state index in [1.165, 1.54) is 14.2 Å². The van der Waals surface area contributed by atoms with Crippen LogP contribution in [0, 0.1) is 0 Å². The molecule has 4 nitrogen and oxygen atoms in total. The van der Waals surface area contributed by atoms with Crippen molar-refractivity contribution < 1.29 is 18.7 Å². The average molecular weight is 166 g/mol. The minimum atomic E-state index is -3.33. The Morgan fingerprint density at radius 1 is 1.60 bits per heavy atom. The van der Waals surface area contributed by atoms with Crippen molar-refractivity contribution in [3.05, 3.63) is 12.7 Å². The smallest absolute Gasteiger partial charge is 0.362 e. The molecule has 0 aromatic rings. The molecule has 0 saturated carbocycles. The highest BCUT2D eigenvalue weighted by Crippen LogP contribution is 2.50. The summed E-state index contributed by atoms with van der Waals surface area (Å²) in [5.41, 5.74) is 0. The summed E-state index contributed by atoms with van der Waals surface area (Å²) in [6, 6.07) is 0. The van der Waals surface area contributed by atoms with E-state index in [1.54, 1.807) is 0 Å². The molecule has 0 saturated heterocycles. The van der Waals surface area contributed by atoms with Crippen LogP contribution >= 0.6 is 7.60 Å². The average Bonchev–Trinajstić information content (AvgIpc) is 2.01. The van der Waals surface area contributed by atoms with Crippen LogP contribution in [0.4, 0.5) is 0 Å². The zero-order valence-corrected chi connectivity index (χ0v) is 6.88. The van der Waals surface area contributed by atoms with E-state index in [9.17, 15) is 4.57 Å². The quantitative estimate of drug-likeness (QED) is 0.499. The van der Waals surface area contributed by atoms with Crippen LogP contribution in [0.25, 0.3) is 0 Å². The van der Waals surface area contributed by atoms with Gasteiger partial charge in [-0.15, -0.1) is 0 Å². The summed E-state index contributed by atoms with van der Waals surface area (Å²) in [6.45, 7) is 3.24. The Balaban J connectivity index is 4.32. The fourth-order valence-electron chi connectivity index (χ4n) is 0.420. The Labute approximate surface area is 60.0 Å². The monoisotopic (exact) mass is 166 g/mol. The molecule has 0 aliphatic rings. The zero-order valence-electron chi connectivity index (χ0n) is 5.98. The van der Waals surface area contributed by atoms with Crippen LogP contribution < -0.4 is 0 Å². The minimum absolute atomic E-state index is 1.10. The summed E-state index contributed by atoms with van der Waals surface area (Å²) in [5.74, 6) is -1.25. The van der Waals surface area contributed by atoms with Gasteiger partial charge >= 0.3 is 7.60 Å². The van der Waals surface area contributed by atoms with E-state index < -0.39 is 13.4 Å². The van der Waals surface area contributed by atoms with E-state index in [0.29, 0.717) is 0 Å². The molecule has 0 rings (SSSR count). The summed E-state index contributed by atoms with van der Waals surface area (Å²) in [6.07, 6.45) is 1.10. The molecule has 0 unspecified atom stereocenters. The van der Waals surface area contributed by atoms with Gasteiger partial charge in [0.2, 0.25) is 0 Å². The first-order chi connectivity index (χ1) is 4.60. The van der Waals surface area contributed by atoms with Gasteiger partial charge in [0.1, 0.15) is 0 Å². The van der Waals surface area contributed by atoms with Crippen molar-refractivity contribution in [3.8, 4) is 0 Å². The van der Waals surface area contributed by atoms with Gasteiger partial charge < -0.3 is 14.2 Å². The molecule has 5 heteroatoms. The second kappa shape index (κ2) is 3.88. The van der Waals surface area contributed by atoms with E-state index in [2.05, 4.69) is 15.6 Å². The Morgan fingerprint density at radius 2 is 2.00 bits per heavy atom. The molecule has 0 aliphatic heterocycles. The molecule has 0 bridgehead atoms. The normalized spacial score (nSPS) is 14.7. The van der Waals surface area contributed by atoms with Crippen LogP contribution in [0.15, 0.2) is 12.7 Å². The molecule has 0 heterocycles. The highest BCUT2D eigenvalue weighted by Gasteiger charge is 2.29. The van der Waals surface area contributed by atoms with Crippen molar-refractivity contribution in [3.63, 3.8) is 0 Å². The Hall–Kier alpha value is -0.150. The number of aliphatic hydroxyl groups is 1. The predicted octanol–water partition coefficient (Wildman–Crippen LogP) is 0.977. The maximum Gasteiger partial charge on any atom is 0.362 e. The lowest BCUT2D eigenvalue weighted by molar-refractivity contribution is 0.201. The van der Waals surface area contributed by atoms with Crippen LogP contribution in [0.5, 0.6) is 0 Å². The first-order valence-electron chi connectivity index (χ1n) is 2.62. The molecule has 1 N–H and O–H groups in total. The van der Waals surface area contributed by atoms with Crippen molar-refractivity contribution in [2.45, 2.75) is 5.85 Å². The summed E-state index contributed by atoms with van der Waals surface area (Å²) >= 11 is 0. The number of rotatable bonds is 4. The lowest BCUT2D eigenvalue weighted by Crippen LogP contribution is -2.06. The first-order valence-corrected chi connectivity index (χ1v) is 4.23. The standard InChI is InChI=1S/C5H11O4P/c1-4-5(6)10(7,8-2)9-3/h4-6H,1H2,2-3H3/t5-/m1/s1. The molecular weight excluding hydrogens is 155 g/mol. The second-order valence-corrected chi connectivity index (χ2v) is 3.89. The van der Waals surface area contributed by atoms with Crippen molar-refractivity contribution in [2.75, 3.05) is 14.2 Å². The van der Waals surface area contributed by atoms with Gasteiger partial charge in [0, 0.05) is 14.2 Å². The summed E-state index contributed by atoms with van der Waals surface area (Å²) in [7, 11) is -0.924. The van der Waals surface area contributed by atoms with Crippen LogP contribution in [-0.4, -0.2) is 25.2 Å². The fourth-order valence-corrected chi connectivity index (χ4v) is 1.26. The van der Waals surface area contributed by atoms with E-state index in [-0.39, 0.29) is 0 Å². The van der Waals surface area contributed by atoms with E-state index in [0.717, 1.165) is 6.08 Å². The number of hydrogen-bond acceptors (Lipinski definition) is 4. The predicted molar refractivity (Wildman–Crippen MR) is 37.8 cm³/mol. The van der Waals surface area contributed by atoms with Gasteiger partial charge in [-0.3, -0.25) is 4.57 Å². The van der Waals surface area contributed by atoms with Crippen molar-refractivity contribution in [1.29, 1.82) is 0 Å². The third kappa shape index (κ3) is 1.92. The number of aliphatic hydroxyl groups excluding tert-OH is 1. The number of hydrogen-bond donors (Lipinski definition) is 1. The highest BCUT2D eigenvalue weighted by molar-refractivity contribution is 7.54. The van der Waals surface area contributed by atoms with Crippen molar-refractivity contribution in [1.82, 2.24) is 0 Å². The van der Waals surface area contributed by atoms with Gasteiger partial charge in [-0.2, -0.15) is 0 Å². The lowest BCUT2D eigenvalue weighted by Gasteiger charge is -2.15. The van der Waals surface area contributed by atoms with Gasteiger partial charge in [0.15, 0.2) is 5.85 Å². The molecule has 0 spiro atoms. The van der Waals surface area contributed by atoms with E-state index in [1.807, 2.05) is 0 Å². The largest absolute Gasteiger partial charge is 0.377 e. The maximum atomic E-state index is 11.1. The molecule has 0 aliphatic carbocycles. The summed E-state index contributed by atoms with van der Waals surface area (Å²) in [5, 5.41) is 8.95. The topological polar surface area (TPSA) is 55.8 Å². The maximum absolute atomic E-state index is 11.1.